The van der Waals surface area contributed by atoms with Crippen LogP contribution in [0.15, 0.2) is 35.3 Å². The van der Waals surface area contributed by atoms with Crippen LogP contribution in [-0.4, -0.2) is 77.9 Å². The standard InChI is InChI=1S/C29H48N8O6/c1-5-18(4)24(27(41)36-22(28(42)43)15-19-10-7-6-8-11-19)37-26(40)21(14-17(2)3)35-23(38)16-34-25(39)20(30)12-9-13-33-29(31)32/h6-8,10-11,17-18,20-22,24H,5,9,12-16,30H2,1-4H3,(H,34,39)(H,35,38)(H,36,41)(H,37,40)(H,42,43)(H4,31,32,33)/t18-,20-,21-,22-,24-/m0/s1. The minimum Gasteiger partial charge on any atom is -0.480 e. The van der Waals surface area contributed by atoms with Gasteiger partial charge >= 0.3 is 5.97 Å². The van der Waals surface area contributed by atoms with Gasteiger partial charge in [0, 0.05) is 13.0 Å². The first-order chi connectivity index (χ1) is 20.2. The number of carbonyl (C=O) groups excluding carboxylic acids is 4. The molecule has 0 aliphatic rings. The van der Waals surface area contributed by atoms with E-state index in [0.717, 1.165) is 5.56 Å². The summed E-state index contributed by atoms with van der Waals surface area (Å²) in [5.74, 6) is -3.98. The van der Waals surface area contributed by atoms with Crippen LogP contribution in [0.3, 0.4) is 0 Å². The highest BCUT2D eigenvalue weighted by Gasteiger charge is 2.32. The van der Waals surface area contributed by atoms with Crippen molar-refractivity contribution in [3.05, 3.63) is 35.9 Å². The van der Waals surface area contributed by atoms with Crippen molar-refractivity contribution in [1.82, 2.24) is 21.3 Å². The number of amides is 4. The number of nitrogens with two attached hydrogens (primary N) is 3. The molecule has 0 unspecified atom stereocenters. The Balaban J connectivity index is 2.86. The molecule has 0 saturated heterocycles. The summed E-state index contributed by atoms with van der Waals surface area (Å²) in [6.45, 7) is 7.26. The lowest BCUT2D eigenvalue weighted by atomic mass is 9.96. The maximum absolute atomic E-state index is 13.3. The Kier molecular flexibility index (Phi) is 16.3. The molecule has 43 heavy (non-hydrogen) atoms. The van der Waals surface area contributed by atoms with Crippen molar-refractivity contribution >= 4 is 35.6 Å². The van der Waals surface area contributed by atoms with Gasteiger partial charge in [-0.25, -0.2) is 4.79 Å². The Labute approximate surface area is 253 Å². The molecule has 1 aromatic rings. The van der Waals surface area contributed by atoms with Gasteiger partial charge in [0.1, 0.15) is 18.1 Å². The summed E-state index contributed by atoms with van der Waals surface area (Å²) in [4.78, 5) is 67.3. The molecule has 4 amide bonds. The van der Waals surface area contributed by atoms with Crippen molar-refractivity contribution in [2.24, 2.45) is 34.0 Å². The Morgan fingerprint density at radius 1 is 0.907 bits per heavy atom. The average Bonchev–Trinajstić information content (AvgIpc) is 2.95. The van der Waals surface area contributed by atoms with Crippen molar-refractivity contribution in [1.29, 1.82) is 0 Å². The highest BCUT2D eigenvalue weighted by Crippen LogP contribution is 2.12. The van der Waals surface area contributed by atoms with Gasteiger partial charge in [-0.1, -0.05) is 64.4 Å². The van der Waals surface area contributed by atoms with E-state index in [1.165, 1.54) is 0 Å². The van der Waals surface area contributed by atoms with Crippen LogP contribution in [0.4, 0.5) is 0 Å². The molecule has 11 N–H and O–H groups in total. The quantitative estimate of drug-likeness (QED) is 0.0567. The molecule has 240 valence electrons. The van der Waals surface area contributed by atoms with Gasteiger partial charge in [0.05, 0.1) is 12.6 Å². The highest BCUT2D eigenvalue weighted by atomic mass is 16.4. The minimum absolute atomic E-state index is 0.00224. The molecule has 0 aromatic heterocycles. The second-order valence-electron chi connectivity index (χ2n) is 11.0. The summed E-state index contributed by atoms with van der Waals surface area (Å²) in [7, 11) is 0. The van der Waals surface area contributed by atoms with E-state index < -0.39 is 60.3 Å². The van der Waals surface area contributed by atoms with Crippen LogP contribution in [0.25, 0.3) is 0 Å². The van der Waals surface area contributed by atoms with Gasteiger partial charge in [0.25, 0.3) is 0 Å². The summed E-state index contributed by atoms with van der Waals surface area (Å²) < 4.78 is 0. The lowest BCUT2D eigenvalue weighted by molar-refractivity contribution is -0.142. The van der Waals surface area contributed by atoms with Crippen LogP contribution in [0.1, 0.15) is 58.9 Å². The summed E-state index contributed by atoms with van der Waals surface area (Å²) in [5, 5.41) is 20.1. The molecule has 1 rings (SSSR count). The smallest absolute Gasteiger partial charge is 0.326 e. The first kappa shape index (κ1) is 36.8. The average molecular weight is 605 g/mol. The van der Waals surface area contributed by atoms with E-state index in [9.17, 15) is 29.1 Å². The summed E-state index contributed by atoms with van der Waals surface area (Å²) >= 11 is 0. The molecule has 0 bridgehead atoms. The molecule has 0 heterocycles. The van der Waals surface area contributed by atoms with E-state index in [1.807, 2.05) is 20.8 Å². The first-order valence-electron chi connectivity index (χ1n) is 14.5. The number of aliphatic carboxylic acids is 1. The number of nitrogens with zero attached hydrogens (tertiary/aromatic N) is 1. The van der Waals surface area contributed by atoms with Crippen LogP contribution in [0.2, 0.25) is 0 Å². The van der Waals surface area contributed by atoms with Crippen molar-refractivity contribution in [2.45, 2.75) is 84.0 Å². The fourth-order valence-electron chi connectivity index (χ4n) is 4.16. The number of rotatable bonds is 19. The third-order valence-electron chi connectivity index (χ3n) is 6.78. The molecule has 0 aliphatic carbocycles. The molecular formula is C29H48N8O6. The van der Waals surface area contributed by atoms with E-state index in [1.54, 1.807) is 37.3 Å². The third-order valence-corrected chi connectivity index (χ3v) is 6.78. The number of carbonyl (C=O) groups is 5. The van der Waals surface area contributed by atoms with Gasteiger partial charge in [-0.15, -0.1) is 0 Å². The van der Waals surface area contributed by atoms with E-state index in [4.69, 9.17) is 17.2 Å². The fourth-order valence-corrected chi connectivity index (χ4v) is 4.16. The molecule has 1 aromatic carbocycles. The number of carboxylic acids is 1. The van der Waals surface area contributed by atoms with Gasteiger partial charge in [0.15, 0.2) is 5.96 Å². The normalized spacial score (nSPS) is 14.4. The van der Waals surface area contributed by atoms with Crippen LogP contribution < -0.4 is 38.5 Å². The predicted octanol–water partition coefficient (Wildman–Crippen LogP) is -0.643. The molecule has 14 heteroatoms. The molecule has 0 fully saturated rings. The van der Waals surface area contributed by atoms with E-state index >= 15 is 0 Å². The lowest BCUT2D eigenvalue weighted by Crippen LogP contribution is -2.58. The molecule has 0 saturated carbocycles. The summed E-state index contributed by atoms with van der Waals surface area (Å²) in [5.41, 5.74) is 17.1. The van der Waals surface area contributed by atoms with Crippen LogP contribution >= 0.6 is 0 Å². The lowest BCUT2D eigenvalue weighted by Gasteiger charge is -2.28. The van der Waals surface area contributed by atoms with E-state index in [-0.39, 0.29) is 30.6 Å². The monoisotopic (exact) mass is 604 g/mol. The van der Waals surface area contributed by atoms with Crippen molar-refractivity contribution in [3.8, 4) is 0 Å². The SMILES string of the molecule is CC[C@H](C)[C@H](NC(=O)[C@H](CC(C)C)NC(=O)CNC(=O)[C@@H](N)CCCN=C(N)N)C(=O)N[C@@H](Cc1ccccc1)C(=O)O. The molecule has 0 radical (unpaired) electrons. The highest BCUT2D eigenvalue weighted by molar-refractivity contribution is 5.94. The number of carboxylic acid groups (broad SMARTS) is 1. The van der Waals surface area contributed by atoms with Crippen LogP contribution in [-0.2, 0) is 30.4 Å². The summed E-state index contributed by atoms with van der Waals surface area (Å²) in [6.07, 6.45) is 1.63. The molecule has 0 spiro atoms. The van der Waals surface area contributed by atoms with Crippen molar-refractivity contribution < 1.29 is 29.1 Å². The number of aliphatic imine (C=N–C) groups is 1. The zero-order valence-corrected chi connectivity index (χ0v) is 25.5. The maximum Gasteiger partial charge on any atom is 0.326 e. The Hall–Kier alpha value is -4.20. The Morgan fingerprint density at radius 3 is 2.12 bits per heavy atom. The number of nitrogens with one attached hydrogen (secondary N) is 4. The number of guanidine groups is 1. The van der Waals surface area contributed by atoms with Crippen LogP contribution in [0, 0.1) is 11.8 Å². The van der Waals surface area contributed by atoms with Crippen molar-refractivity contribution in [2.75, 3.05) is 13.1 Å². The maximum atomic E-state index is 13.3. The van der Waals surface area contributed by atoms with Gasteiger partial charge in [-0.3, -0.25) is 24.2 Å². The Morgan fingerprint density at radius 2 is 1.56 bits per heavy atom. The topological polar surface area (TPSA) is 244 Å². The zero-order valence-electron chi connectivity index (χ0n) is 25.5. The predicted molar refractivity (Wildman–Crippen MR) is 163 cm³/mol. The van der Waals surface area contributed by atoms with Crippen LogP contribution in [0.5, 0.6) is 0 Å². The summed E-state index contributed by atoms with van der Waals surface area (Å²) in [6, 6.07) is 4.77. The van der Waals surface area contributed by atoms with Gasteiger partial charge in [0.2, 0.25) is 23.6 Å². The number of hydrogen-bond acceptors (Lipinski definition) is 7. The second kappa shape index (κ2) is 19.1. The largest absolute Gasteiger partial charge is 0.480 e. The number of hydrogen-bond donors (Lipinski definition) is 8. The third kappa shape index (κ3) is 14.5. The number of benzene rings is 1. The van der Waals surface area contributed by atoms with Gasteiger partial charge in [-0.2, -0.15) is 0 Å². The van der Waals surface area contributed by atoms with E-state index in [2.05, 4.69) is 26.3 Å². The Bertz CT molecular complexity index is 1090. The zero-order chi connectivity index (χ0) is 32.5. The first-order valence-corrected chi connectivity index (χ1v) is 14.5. The van der Waals surface area contributed by atoms with Gasteiger partial charge < -0.3 is 43.6 Å². The molecular weight excluding hydrogens is 556 g/mol. The van der Waals surface area contributed by atoms with E-state index in [0.29, 0.717) is 25.8 Å². The van der Waals surface area contributed by atoms with Gasteiger partial charge in [-0.05, 0) is 36.7 Å². The minimum atomic E-state index is -1.20. The van der Waals surface area contributed by atoms with Crippen molar-refractivity contribution in [3.63, 3.8) is 0 Å². The second-order valence-corrected chi connectivity index (χ2v) is 11.0. The molecule has 5 atom stereocenters. The fraction of sp³-hybridized carbons (Fsp3) is 0.586. The molecule has 0 aliphatic heterocycles. The molecule has 14 nitrogen and oxygen atoms in total.